The average Bonchev–Trinajstić information content (AvgIpc) is 3.02. The molecule has 0 unspecified atom stereocenters. The molecule has 6 nitrogen and oxygen atoms in total. The molecule has 0 atom stereocenters. The molecule has 1 heterocycles. The van der Waals surface area contributed by atoms with Gasteiger partial charge in [0.2, 0.25) is 5.91 Å². The van der Waals surface area contributed by atoms with Gasteiger partial charge in [-0.25, -0.2) is 4.39 Å². The highest BCUT2D eigenvalue weighted by atomic mass is 35.5. The number of aromatic nitrogens is 3. The van der Waals surface area contributed by atoms with Crippen LogP contribution in [0.1, 0.15) is 11.4 Å². The van der Waals surface area contributed by atoms with Crippen molar-refractivity contribution in [2.24, 2.45) is 7.05 Å². The number of anilines is 1. The highest BCUT2D eigenvalue weighted by Gasteiger charge is 2.13. The van der Waals surface area contributed by atoms with Gasteiger partial charge in [-0.1, -0.05) is 41.6 Å². The van der Waals surface area contributed by atoms with Crippen molar-refractivity contribution in [2.75, 3.05) is 11.1 Å². The second-order valence-electron chi connectivity index (χ2n) is 5.98. The van der Waals surface area contributed by atoms with Crippen LogP contribution in [0.15, 0.2) is 47.6 Å². The van der Waals surface area contributed by atoms with Crippen LogP contribution in [0.25, 0.3) is 0 Å². The van der Waals surface area contributed by atoms with E-state index in [0.29, 0.717) is 33.0 Å². The van der Waals surface area contributed by atoms with Crippen molar-refractivity contribution >= 4 is 35.0 Å². The molecule has 28 heavy (non-hydrogen) atoms. The van der Waals surface area contributed by atoms with Gasteiger partial charge in [-0.05, 0) is 36.8 Å². The molecular formula is C19H18ClFN4O2S. The summed E-state index contributed by atoms with van der Waals surface area (Å²) in [6, 6.07) is 11.7. The van der Waals surface area contributed by atoms with Crippen LogP contribution in [0.5, 0.6) is 5.75 Å². The lowest BCUT2D eigenvalue weighted by Gasteiger charge is -2.08. The van der Waals surface area contributed by atoms with E-state index in [0.717, 1.165) is 0 Å². The number of para-hydroxylation sites is 1. The fraction of sp³-hybridized carbons (Fsp3) is 0.211. The lowest BCUT2D eigenvalue weighted by Crippen LogP contribution is -2.14. The number of hydrogen-bond donors (Lipinski definition) is 1. The summed E-state index contributed by atoms with van der Waals surface area (Å²) in [5.74, 6) is 0.661. The molecular weight excluding hydrogens is 403 g/mol. The van der Waals surface area contributed by atoms with Crippen LogP contribution in [-0.2, 0) is 18.4 Å². The first-order valence-corrected chi connectivity index (χ1v) is 9.75. The molecule has 0 aliphatic heterocycles. The number of rotatable bonds is 7. The number of carbonyl (C=O) groups is 1. The van der Waals surface area contributed by atoms with Gasteiger partial charge in [-0.2, -0.15) is 0 Å². The molecule has 0 saturated heterocycles. The van der Waals surface area contributed by atoms with Crippen molar-refractivity contribution in [3.05, 3.63) is 64.7 Å². The van der Waals surface area contributed by atoms with Gasteiger partial charge in [0, 0.05) is 12.7 Å². The molecule has 9 heteroatoms. The second kappa shape index (κ2) is 9.07. The van der Waals surface area contributed by atoms with E-state index in [9.17, 15) is 9.18 Å². The molecule has 1 amide bonds. The molecule has 0 radical (unpaired) electrons. The number of amides is 1. The van der Waals surface area contributed by atoms with E-state index in [1.54, 1.807) is 42.8 Å². The predicted molar refractivity (Wildman–Crippen MR) is 107 cm³/mol. The van der Waals surface area contributed by atoms with Gasteiger partial charge >= 0.3 is 0 Å². The number of halogens is 2. The summed E-state index contributed by atoms with van der Waals surface area (Å²) in [6.45, 7) is 1.86. The minimum absolute atomic E-state index is 0.118. The van der Waals surface area contributed by atoms with E-state index in [4.69, 9.17) is 16.3 Å². The molecule has 3 rings (SSSR count). The number of nitrogens with zero attached hydrogens (tertiary/aromatic N) is 3. The third-order valence-electron chi connectivity index (χ3n) is 3.91. The van der Waals surface area contributed by atoms with Crippen LogP contribution in [0.2, 0.25) is 5.02 Å². The van der Waals surface area contributed by atoms with Gasteiger partial charge in [-0.3, -0.25) is 4.79 Å². The predicted octanol–water partition coefficient (Wildman–Crippen LogP) is 4.23. The Morgan fingerprint density at radius 3 is 2.82 bits per heavy atom. The summed E-state index contributed by atoms with van der Waals surface area (Å²) < 4.78 is 21.0. The number of nitrogens with one attached hydrogen (secondary N) is 1. The molecule has 2 aromatic carbocycles. The van der Waals surface area contributed by atoms with Gasteiger partial charge in [0.05, 0.1) is 10.8 Å². The number of thioether (sulfide) groups is 1. The third-order valence-corrected chi connectivity index (χ3v) is 5.24. The zero-order valence-electron chi connectivity index (χ0n) is 15.3. The van der Waals surface area contributed by atoms with Gasteiger partial charge in [-0.15, -0.1) is 10.2 Å². The highest BCUT2D eigenvalue weighted by Crippen LogP contribution is 2.24. The Kier molecular flexibility index (Phi) is 6.53. The minimum atomic E-state index is -0.359. The van der Waals surface area contributed by atoms with Crippen LogP contribution < -0.4 is 10.1 Å². The normalized spacial score (nSPS) is 10.7. The summed E-state index contributed by atoms with van der Waals surface area (Å²) in [5.41, 5.74) is 0.943. The maximum Gasteiger partial charge on any atom is 0.234 e. The number of carbonyl (C=O) groups excluding carboxylic acids is 1. The van der Waals surface area contributed by atoms with Crippen LogP contribution in [-0.4, -0.2) is 26.4 Å². The number of benzene rings is 2. The van der Waals surface area contributed by atoms with E-state index in [1.807, 2.05) is 12.1 Å². The Bertz CT molecular complexity index is 996. The monoisotopic (exact) mass is 420 g/mol. The fourth-order valence-electron chi connectivity index (χ4n) is 2.30. The van der Waals surface area contributed by atoms with Gasteiger partial charge in [0.25, 0.3) is 0 Å². The van der Waals surface area contributed by atoms with Crippen molar-refractivity contribution in [1.29, 1.82) is 0 Å². The highest BCUT2D eigenvalue weighted by molar-refractivity contribution is 7.99. The van der Waals surface area contributed by atoms with Crippen LogP contribution in [0, 0.1) is 12.7 Å². The van der Waals surface area contributed by atoms with Crippen LogP contribution >= 0.6 is 23.4 Å². The summed E-state index contributed by atoms with van der Waals surface area (Å²) in [4.78, 5) is 12.1. The number of hydrogen-bond acceptors (Lipinski definition) is 5. The number of aryl methyl sites for hydroxylation is 1. The van der Waals surface area contributed by atoms with Crippen molar-refractivity contribution < 1.29 is 13.9 Å². The Morgan fingerprint density at radius 2 is 2.07 bits per heavy atom. The Labute approximate surface area is 171 Å². The lowest BCUT2D eigenvalue weighted by atomic mass is 10.2. The van der Waals surface area contributed by atoms with Gasteiger partial charge < -0.3 is 14.6 Å². The molecule has 1 N–H and O–H groups in total. The summed E-state index contributed by atoms with van der Waals surface area (Å²) in [7, 11) is 1.79. The first kappa shape index (κ1) is 20.2. The lowest BCUT2D eigenvalue weighted by molar-refractivity contribution is -0.113. The standard InChI is InChI=1S/C19H18ClFN4O2S/c1-12-7-8-13(9-15(12)21)22-18(26)11-28-19-24-23-17(25(19)2)10-27-16-6-4-3-5-14(16)20/h3-9H,10-11H2,1-2H3,(H,22,26). The van der Waals surface area contributed by atoms with Crippen molar-refractivity contribution in [3.63, 3.8) is 0 Å². The molecule has 146 valence electrons. The fourth-order valence-corrected chi connectivity index (χ4v) is 3.22. The van der Waals surface area contributed by atoms with Crippen molar-refractivity contribution in [2.45, 2.75) is 18.7 Å². The van der Waals surface area contributed by atoms with E-state index >= 15 is 0 Å². The molecule has 0 spiro atoms. The molecule has 3 aromatic rings. The molecule has 1 aromatic heterocycles. The van der Waals surface area contributed by atoms with Crippen LogP contribution in [0.4, 0.5) is 10.1 Å². The largest absolute Gasteiger partial charge is 0.484 e. The van der Waals surface area contributed by atoms with Crippen LogP contribution in [0.3, 0.4) is 0 Å². The molecule has 0 fully saturated rings. The summed E-state index contributed by atoms with van der Waals surface area (Å²) >= 11 is 7.29. The SMILES string of the molecule is Cc1ccc(NC(=O)CSc2nnc(COc3ccccc3Cl)n2C)cc1F. The Hall–Kier alpha value is -2.58. The Balaban J connectivity index is 1.54. The zero-order chi connectivity index (χ0) is 20.1. The van der Waals surface area contributed by atoms with Gasteiger partial charge in [0.1, 0.15) is 18.2 Å². The first-order chi connectivity index (χ1) is 13.4. The maximum atomic E-state index is 13.6. The van der Waals surface area contributed by atoms with E-state index in [2.05, 4.69) is 15.5 Å². The summed E-state index contributed by atoms with van der Waals surface area (Å²) in [6.07, 6.45) is 0. The summed E-state index contributed by atoms with van der Waals surface area (Å²) in [5, 5.41) is 11.9. The topological polar surface area (TPSA) is 69.0 Å². The zero-order valence-corrected chi connectivity index (χ0v) is 16.9. The molecule has 0 aliphatic rings. The molecule has 0 saturated carbocycles. The Morgan fingerprint density at radius 1 is 1.29 bits per heavy atom. The van der Waals surface area contributed by atoms with E-state index < -0.39 is 0 Å². The van der Waals surface area contributed by atoms with E-state index in [-0.39, 0.29) is 24.1 Å². The molecule has 0 aliphatic carbocycles. The number of ether oxygens (including phenoxy) is 1. The average molecular weight is 421 g/mol. The smallest absolute Gasteiger partial charge is 0.234 e. The van der Waals surface area contributed by atoms with Gasteiger partial charge in [0.15, 0.2) is 11.0 Å². The minimum Gasteiger partial charge on any atom is -0.484 e. The van der Waals surface area contributed by atoms with E-state index in [1.165, 1.54) is 17.8 Å². The van der Waals surface area contributed by atoms with Crippen molar-refractivity contribution in [1.82, 2.24) is 14.8 Å². The third kappa shape index (κ3) is 5.02. The van der Waals surface area contributed by atoms with Crippen molar-refractivity contribution in [3.8, 4) is 5.75 Å². The quantitative estimate of drug-likeness (QED) is 0.579. The first-order valence-electron chi connectivity index (χ1n) is 8.38. The second-order valence-corrected chi connectivity index (χ2v) is 7.33. The maximum absolute atomic E-state index is 13.6. The molecule has 0 bridgehead atoms.